The summed E-state index contributed by atoms with van der Waals surface area (Å²) in [5.74, 6) is 0.0477. The number of hydrogen-bond donors (Lipinski definition) is 1. The number of fused-ring (bicyclic) bond motifs is 1. The van der Waals surface area contributed by atoms with E-state index in [4.69, 9.17) is 9.52 Å². The number of hydrogen-bond acceptors (Lipinski definition) is 5. The van der Waals surface area contributed by atoms with Gasteiger partial charge in [-0.1, -0.05) is 13.8 Å². The van der Waals surface area contributed by atoms with Crippen LogP contribution in [0.2, 0.25) is 0 Å². The zero-order valence-corrected chi connectivity index (χ0v) is 13.7. The largest absolute Gasteiger partial charge is 0.477 e. The Kier molecular flexibility index (Phi) is 3.66. The molecule has 1 N–H and O–H groups in total. The summed E-state index contributed by atoms with van der Waals surface area (Å²) in [4.78, 5) is 15.7. The van der Waals surface area contributed by atoms with Crippen LogP contribution in [0.1, 0.15) is 46.5 Å². The fourth-order valence-electron chi connectivity index (χ4n) is 2.38. The topological polar surface area (TPSA) is 87.1 Å². The molecule has 3 rings (SSSR count). The summed E-state index contributed by atoms with van der Waals surface area (Å²) in [5.41, 5.74) is 2.19. The van der Waals surface area contributed by atoms with Crippen molar-refractivity contribution >= 4 is 28.3 Å². The SMILES string of the molecule is Cc1nc(-c2cc(C#N)c3oc(C(C)C)cc3c2)sc1C(=O)O. The van der Waals surface area contributed by atoms with Gasteiger partial charge in [-0.3, -0.25) is 0 Å². The number of thiazole rings is 1. The number of benzene rings is 1. The molecule has 0 aliphatic carbocycles. The summed E-state index contributed by atoms with van der Waals surface area (Å²) in [7, 11) is 0. The third kappa shape index (κ3) is 2.60. The maximum atomic E-state index is 11.2. The number of aromatic nitrogens is 1. The van der Waals surface area contributed by atoms with Crippen molar-refractivity contribution in [3.05, 3.63) is 40.1 Å². The molecule has 0 amide bonds. The van der Waals surface area contributed by atoms with Crippen molar-refractivity contribution in [1.29, 1.82) is 5.26 Å². The molecular weight excluding hydrogens is 312 g/mol. The van der Waals surface area contributed by atoms with Crippen LogP contribution in [0.4, 0.5) is 0 Å². The number of aryl methyl sites for hydroxylation is 1. The predicted molar refractivity (Wildman–Crippen MR) is 87.8 cm³/mol. The monoisotopic (exact) mass is 326 g/mol. The molecule has 2 aromatic heterocycles. The van der Waals surface area contributed by atoms with Gasteiger partial charge in [0.05, 0.1) is 11.3 Å². The molecule has 0 radical (unpaired) electrons. The van der Waals surface area contributed by atoms with Crippen LogP contribution in [-0.2, 0) is 0 Å². The molecule has 1 aromatic carbocycles. The molecule has 0 saturated heterocycles. The summed E-state index contributed by atoms with van der Waals surface area (Å²) in [6.07, 6.45) is 0. The molecular formula is C17H14N2O3S. The Hall–Kier alpha value is -2.65. The first kappa shape index (κ1) is 15.3. The molecule has 0 aliphatic heterocycles. The quantitative estimate of drug-likeness (QED) is 0.762. The number of nitrogens with zero attached hydrogens (tertiary/aromatic N) is 2. The van der Waals surface area contributed by atoms with Crippen LogP contribution in [0, 0.1) is 18.3 Å². The average Bonchev–Trinajstić information content (AvgIpc) is 3.09. The minimum Gasteiger partial charge on any atom is -0.477 e. The minimum atomic E-state index is -0.988. The highest BCUT2D eigenvalue weighted by molar-refractivity contribution is 7.17. The second-order valence-corrected chi connectivity index (χ2v) is 6.60. The Labute approximate surface area is 136 Å². The van der Waals surface area contributed by atoms with E-state index >= 15 is 0 Å². The number of furan rings is 1. The summed E-state index contributed by atoms with van der Waals surface area (Å²) in [6.45, 7) is 5.71. The number of nitriles is 1. The number of carbonyl (C=O) groups is 1. The Morgan fingerprint density at radius 1 is 1.39 bits per heavy atom. The van der Waals surface area contributed by atoms with E-state index in [0.717, 1.165) is 28.0 Å². The summed E-state index contributed by atoms with van der Waals surface area (Å²) in [6, 6.07) is 7.64. The Bertz CT molecular complexity index is 960. The van der Waals surface area contributed by atoms with Crippen molar-refractivity contribution in [2.75, 3.05) is 0 Å². The Morgan fingerprint density at radius 3 is 2.70 bits per heavy atom. The molecule has 0 unspecified atom stereocenters. The van der Waals surface area contributed by atoms with Crippen molar-refractivity contribution < 1.29 is 14.3 Å². The number of aromatic carboxylic acids is 1. The van der Waals surface area contributed by atoms with Gasteiger partial charge < -0.3 is 9.52 Å². The third-order valence-corrected chi connectivity index (χ3v) is 4.76. The highest BCUT2D eigenvalue weighted by atomic mass is 32.1. The van der Waals surface area contributed by atoms with Crippen LogP contribution in [0.3, 0.4) is 0 Å². The first-order valence-electron chi connectivity index (χ1n) is 7.09. The van der Waals surface area contributed by atoms with E-state index in [1.54, 1.807) is 13.0 Å². The van der Waals surface area contributed by atoms with Crippen molar-refractivity contribution in [1.82, 2.24) is 4.98 Å². The molecule has 0 bridgehead atoms. The summed E-state index contributed by atoms with van der Waals surface area (Å²) in [5, 5.41) is 20.0. The first-order chi connectivity index (χ1) is 10.9. The fourth-order valence-corrected chi connectivity index (χ4v) is 3.27. The van der Waals surface area contributed by atoms with Crippen LogP contribution in [0.25, 0.3) is 21.5 Å². The van der Waals surface area contributed by atoms with Crippen LogP contribution >= 0.6 is 11.3 Å². The van der Waals surface area contributed by atoms with E-state index in [-0.39, 0.29) is 10.8 Å². The maximum Gasteiger partial charge on any atom is 0.347 e. The smallest absolute Gasteiger partial charge is 0.347 e. The van der Waals surface area contributed by atoms with Gasteiger partial charge in [-0.25, -0.2) is 9.78 Å². The van der Waals surface area contributed by atoms with Gasteiger partial charge in [-0.05, 0) is 25.1 Å². The maximum absolute atomic E-state index is 11.2. The summed E-state index contributed by atoms with van der Waals surface area (Å²) >= 11 is 1.11. The van der Waals surface area contributed by atoms with Crippen LogP contribution in [0.15, 0.2) is 22.6 Å². The minimum absolute atomic E-state index is 0.216. The van der Waals surface area contributed by atoms with Gasteiger partial charge >= 0.3 is 5.97 Å². The van der Waals surface area contributed by atoms with E-state index < -0.39 is 5.97 Å². The molecule has 0 saturated carbocycles. The lowest BCUT2D eigenvalue weighted by molar-refractivity contribution is 0.0701. The lowest BCUT2D eigenvalue weighted by Gasteiger charge is -1.99. The second kappa shape index (κ2) is 5.52. The zero-order valence-electron chi connectivity index (χ0n) is 12.9. The average molecular weight is 326 g/mol. The van der Waals surface area contributed by atoms with E-state index in [0.29, 0.717) is 21.8 Å². The molecule has 2 heterocycles. The van der Waals surface area contributed by atoms with Gasteiger partial charge in [-0.2, -0.15) is 5.26 Å². The second-order valence-electron chi connectivity index (χ2n) is 5.60. The molecule has 6 heteroatoms. The van der Waals surface area contributed by atoms with Gasteiger partial charge in [0, 0.05) is 16.9 Å². The number of carboxylic acids is 1. The highest BCUT2D eigenvalue weighted by Crippen LogP contribution is 2.34. The molecule has 0 spiro atoms. The third-order valence-electron chi connectivity index (χ3n) is 3.56. The van der Waals surface area contributed by atoms with Gasteiger partial charge in [0.15, 0.2) is 5.58 Å². The van der Waals surface area contributed by atoms with E-state index in [1.807, 2.05) is 26.0 Å². The zero-order chi connectivity index (χ0) is 16.7. The molecule has 0 fully saturated rings. The molecule has 0 aliphatic rings. The number of carboxylic acid groups (broad SMARTS) is 1. The number of rotatable bonds is 3. The fraction of sp³-hybridized carbons (Fsp3) is 0.235. The van der Waals surface area contributed by atoms with Crippen molar-refractivity contribution in [2.45, 2.75) is 26.7 Å². The molecule has 3 aromatic rings. The molecule has 0 atom stereocenters. The van der Waals surface area contributed by atoms with E-state index in [1.165, 1.54) is 0 Å². The van der Waals surface area contributed by atoms with Gasteiger partial charge in [-0.15, -0.1) is 11.3 Å². The van der Waals surface area contributed by atoms with E-state index in [2.05, 4.69) is 11.1 Å². The highest BCUT2D eigenvalue weighted by Gasteiger charge is 2.18. The standard InChI is InChI=1S/C17H14N2O3S/c1-8(2)13-6-10-4-11(5-12(7-18)14(10)22-13)16-19-9(3)15(23-16)17(20)21/h4-6,8H,1-3H3,(H,20,21). The van der Waals surface area contributed by atoms with Crippen LogP contribution in [0.5, 0.6) is 0 Å². The van der Waals surface area contributed by atoms with Crippen LogP contribution in [-0.4, -0.2) is 16.1 Å². The van der Waals surface area contributed by atoms with Gasteiger partial charge in [0.2, 0.25) is 0 Å². The van der Waals surface area contributed by atoms with Gasteiger partial charge in [0.25, 0.3) is 0 Å². The molecule has 23 heavy (non-hydrogen) atoms. The molecule has 5 nitrogen and oxygen atoms in total. The lowest BCUT2D eigenvalue weighted by atomic mass is 10.1. The predicted octanol–water partition coefficient (Wildman–Crippen LogP) is 4.56. The van der Waals surface area contributed by atoms with E-state index in [9.17, 15) is 10.1 Å². The Morgan fingerprint density at radius 2 is 2.13 bits per heavy atom. The lowest BCUT2D eigenvalue weighted by Crippen LogP contribution is -1.94. The molecule has 116 valence electrons. The van der Waals surface area contributed by atoms with Crippen molar-refractivity contribution in [3.63, 3.8) is 0 Å². The Balaban J connectivity index is 2.21. The van der Waals surface area contributed by atoms with Crippen LogP contribution < -0.4 is 0 Å². The van der Waals surface area contributed by atoms with Gasteiger partial charge in [0.1, 0.15) is 21.7 Å². The first-order valence-corrected chi connectivity index (χ1v) is 7.91. The normalized spacial score (nSPS) is 11.1. The van der Waals surface area contributed by atoms with Crippen molar-refractivity contribution in [2.24, 2.45) is 0 Å². The summed E-state index contributed by atoms with van der Waals surface area (Å²) < 4.78 is 5.78. The van der Waals surface area contributed by atoms with Crippen molar-refractivity contribution in [3.8, 4) is 16.6 Å².